The molecule has 3 rings (SSSR count). The molecule has 1 aliphatic rings. The van der Waals surface area contributed by atoms with E-state index < -0.39 is 0 Å². The van der Waals surface area contributed by atoms with Gasteiger partial charge in [-0.2, -0.15) is 0 Å². The van der Waals surface area contributed by atoms with Gasteiger partial charge in [-0.3, -0.25) is 4.79 Å². The number of nitrogens with zero attached hydrogens (tertiary/aromatic N) is 1. The molecule has 1 amide bonds. The van der Waals surface area contributed by atoms with Crippen LogP contribution in [0.25, 0.3) is 0 Å². The van der Waals surface area contributed by atoms with Crippen LogP contribution in [0.5, 0.6) is 0 Å². The molecule has 102 valence electrons. The van der Waals surface area contributed by atoms with Crippen LogP contribution < -0.4 is 10.6 Å². The van der Waals surface area contributed by atoms with Crippen LogP contribution in [0.4, 0.5) is 15.8 Å². The first-order valence-electron chi connectivity index (χ1n) is 6.20. The number of hydrogen-bond donors (Lipinski definition) is 1. The van der Waals surface area contributed by atoms with Gasteiger partial charge in [-0.25, -0.2) is 4.39 Å². The lowest BCUT2D eigenvalue weighted by Gasteiger charge is -2.29. The van der Waals surface area contributed by atoms with Gasteiger partial charge >= 0.3 is 0 Å². The number of carbonyl (C=O) groups excluding carboxylic acids is 1. The molecule has 0 aliphatic carbocycles. The van der Waals surface area contributed by atoms with Gasteiger partial charge in [0.05, 0.1) is 18.0 Å². The quantitative estimate of drug-likeness (QED) is 0.864. The standard InChI is InChI=1S/C15H13FN2OS/c16-11-3-1-10(2-4-11)8-18-13-6-5-12(17)7-14(13)20-9-15(18)19/h1-7H,8-9,17H2. The summed E-state index contributed by atoms with van der Waals surface area (Å²) in [4.78, 5) is 14.8. The van der Waals surface area contributed by atoms with Crippen molar-refractivity contribution in [2.75, 3.05) is 16.4 Å². The zero-order valence-corrected chi connectivity index (χ0v) is 11.5. The number of nitrogen functional groups attached to an aromatic ring is 1. The summed E-state index contributed by atoms with van der Waals surface area (Å²) in [6.45, 7) is 0.441. The number of nitrogens with two attached hydrogens (primary N) is 1. The maximum atomic E-state index is 12.9. The Hall–Kier alpha value is -2.01. The van der Waals surface area contributed by atoms with E-state index in [1.807, 2.05) is 12.1 Å². The Morgan fingerprint density at radius 1 is 1.20 bits per heavy atom. The van der Waals surface area contributed by atoms with E-state index >= 15 is 0 Å². The molecule has 0 aromatic heterocycles. The summed E-state index contributed by atoms with van der Waals surface area (Å²) in [5.41, 5.74) is 8.22. The number of fused-ring (bicyclic) bond motifs is 1. The van der Waals surface area contributed by atoms with Gasteiger partial charge in [0, 0.05) is 10.6 Å². The molecule has 0 fully saturated rings. The van der Waals surface area contributed by atoms with Gasteiger partial charge in [0.1, 0.15) is 5.82 Å². The third-order valence-corrected chi connectivity index (χ3v) is 4.21. The molecule has 1 heterocycles. The summed E-state index contributed by atoms with van der Waals surface area (Å²) in [7, 11) is 0. The Morgan fingerprint density at radius 3 is 2.70 bits per heavy atom. The summed E-state index contributed by atoms with van der Waals surface area (Å²) in [6.07, 6.45) is 0. The lowest BCUT2D eigenvalue weighted by atomic mass is 10.2. The number of rotatable bonds is 2. The summed E-state index contributed by atoms with van der Waals surface area (Å²) in [5, 5.41) is 0. The topological polar surface area (TPSA) is 46.3 Å². The van der Waals surface area contributed by atoms with Crippen LogP contribution in [0, 0.1) is 5.82 Å². The smallest absolute Gasteiger partial charge is 0.237 e. The zero-order valence-electron chi connectivity index (χ0n) is 10.7. The second-order valence-corrected chi connectivity index (χ2v) is 5.64. The van der Waals surface area contributed by atoms with Gasteiger partial charge in [-0.1, -0.05) is 12.1 Å². The Kier molecular flexibility index (Phi) is 3.36. The number of anilines is 2. The minimum atomic E-state index is -0.276. The van der Waals surface area contributed by atoms with Crippen molar-refractivity contribution in [3.05, 3.63) is 53.8 Å². The molecular weight excluding hydrogens is 275 g/mol. The molecule has 0 bridgehead atoms. The summed E-state index contributed by atoms with van der Waals surface area (Å²) >= 11 is 1.50. The fraction of sp³-hybridized carbons (Fsp3) is 0.133. The number of carbonyl (C=O) groups is 1. The molecule has 0 unspecified atom stereocenters. The molecular formula is C15H13FN2OS. The van der Waals surface area contributed by atoms with Crippen LogP contribution in [0.15, 0.2) is 47.4 Å². The highest BCUT2D eigenvalue weighted by Gasteiger charge is 2.24. The van der Waals surface area contributed by atoms with Gasteiger partial charge in [0.2, 0.25) is 5.91 Å². The van der Waals surface area contributed by atoms with Crippen molar-refractivity contribution in [2.24, 2.45) is 0 Å². The molecule has 2 N–H and O–H groups in total. The first kappa shape index (κ1) is 13.0. The maximum absolute atomic E-state index is 12.9. The van der Waals surface area contributed by atoms with E-state index in [1.54, 1.807) is 23.1 Å². The number of thioether (sulfide) groups is 1. The van der Waals surface area contributed by atoms with Crippen molar-refractivity contribution in [2.45, 2.75) is 11.4 Å². The fourth-order valence-corrected chi connectivity index (χ4v) is 3.15. The Labute approximate surface area is 120 Å². The van der Waals surface area contributed by atoms with E-state index in [0.29, 0.717) is 18.0 Å². The Bertz CT molecular complexity index is 657. The largest absolute Gasteiger partial charge is 0.399 e. The summed E-state index contributed by atoms with van der Waals surface area (Å²) in [6, 6.07) is 11.7. The van der Waals surface area contributed by atoms with Crippen LogP contribution in [-0.4, -0.2) is 11.7 Å². The highest BCUT2D eigenvalue weighted by molar-refractivity contribution is 8.00. The average Bonchev–Trinajstić information content (AvgIpc) is 2.44. The van der Waals surface area contributed by atoms with Crippen molar-refractivity contribution in [1.29, 1.82) is 0 Å². The Morgan fingerprint density at radius 2 is 1.95 bits per heavy atom. The fourth-order valence-electron chi connectivity index (χ4n) is 2.17. The van der Waals surface area contributed by atoms with E-state index in [-0.39, 0.29) is 11.7 Å². The molecule has 20 heavy (non-hydrogen) atoms. The minimum absolute atomic E-state index is 0.0524. The predicted molar refractivity (Wildman–Crippen MR) is 79.2 cm³/mol. The van der Waals surface area contributed by atoms with E-state index in [4.69, 9.17) is 5.73 Å². The highest BCUT2D eigenvalue weighted by atomic mass is 32.2. The number of amides is 1. The predicted octanol–water partition coefficient (Wildman–Crippen LogP) is 3.05. The third kappa shape index (κ3) is 2.49. The molecule has 2 aromatic carbocycles. The zero-order chi connectivity index (χ0) is 14.1. The third-order valence-electron chi connectivity index (χ3n) is 3.18. The number of halogens is 1. The summed E-state index contributed by atoms with van der Waals surface area (Å²) in [5.74, 6) is 0.177. The molecule has 0 saturated heterocycles. The van der Waals surface area contributed by atoms with Crippen molar-refractivity contribution in [3.8, 4) is 0 Å². The first-order valence-corrected chi connectivity index (χ1v) is 7.19. The van der Waals surface area contributed by atoms with Crippen LogP contribution in [0.1, 0.15) is 5.56 Å². The van der Waals surface area contributed by atoms with Crippen LogP contribution >= 0.6 is 11.8 Å². The second kappa shape index (κ2) is 5.17. The van der Waals surface area contributed by atoms with Gasteiger partial charge in [0.25, 0.3) is 0 Å². The first-order chi connectivity index (χ1) is 9.63. The number of hydrogen-bond acceptors (Lipinski definition) is 3. The van der Waals surface area contributed by atoms with Crippen molar-refractivity contribution in [3.63, 3.8) is 0 Å². The minimum Gasteiger partial charge on any atom is -0.399 e. The molecule has 5 heteroatoms. The molecule has 0 radical (unpaired) electrons. The average molecular weight is 288 g/mol. The highest BCUT2D eigenvalue weighted by Crippen LogP contribution is 2.37. The van der Waals surface area contributed by atoms with Crippen LogP contribution in [0.2, 0.25) is 0 Å². The normalized spacial score (nSPS) is 14.2. The van der Waals surface area contributed by atoms with E-state index in [9.17, 15) is 9.18 Å². The van der Waals surface area contributed by atoms with Gasteiger partial charge in [0.15, 0.2) is 0 Å². The SMILES string of the molecule is Nc1ccc2c(c1)SCC(=O)N2Cc1ccc(F)cc1. The van der Waals surface area contributed by atoms with Crippen LogP contribution in [0.3, 0.4) is 0 Å². The molecule has 2 aromatic rings. The molecule has 3 nitrogen and oxygen atoms in total. The summed E-state index contributed by atoms with van der Waals surface area (Å²) < 4.78 is 12.9. The maximum Gasteiger partial charge on any atom is 0.237 e. The molecule has 0 spiro atoms. The van der Waals surface area contributed by atoms with E-state index in [2.05, 4.69) is 0 Å². The van der Waals surface area contributed by atoms with Gasteiger partial charge < -0.3 is 10.6 Å². The molecule has 0 saturated carbocycles. The lowest BCUT2D eigenvalue weighted by Crippen LogP contribution is -2.34. The van der Waals surface area contributed by atoms with Gasteiger partial charge in [-0.05, 0) is 35.9 Å². The Balaban J connectivity index is 1.93. The second-order valence-electron chi connectivity index (χ2n) is 4.62. The van der Waals surface area contributed by atoms with E-state index in [1.165, 1.54) is 23.9 Å². The molecule has 0 atom stereocenters. The van der Waals surface area contributed by atoms with E-state index in [0.717, 1.165) is 16.1 Å². The lowest BCUT2D eigenvalue weighted by molar-refractivity contribution is -0.116. The van der Waals surface area contributed by atoms with Crippen LogP contribution in [-0.2, 0) is 11.3 Å². The van der Waals surface area contributed by atoms with Crippen molar-refractivity contribution < 1.29 is 9.18 Å². The monoisotopic (exact) mass is 288 g/mol. The van der Waals surface area contributed by atoms with Crippen molar-refractivity contribution in [1.82, 2.24) is 0 Å². The molecule has 1 aliphatic heterocycles. The number of benzene rings is 2. The van der Waals surface area contributed by atoms with Crippen molar-refractivity contribution >= 4 is 29.0 Å². The van der Waals surface area contributed by atoms with Gasteiger partial charge in [-0.15, -0.1) is 11.8 Å².